The van der Waals surface area contributed by atoms with Crippen molar-refractivity contribution in [3.8, 4) is 6.07 Å². The molecular weight excluding hydrogens is 324 g/mol. The van der Waals surface area contributed by atoms with Gasteiger partial charge in [-0.2, -0.15) is 18.4 Å². The number of nitrogens with zero attached hydrogens (tertiary/aromatic N) is 1. The highest BCUT2D eigenvalue weighted by Gasteiger charge is 2.33. The summed E-state index contributed by atoms with van der Waals surface area (Å²) in [5.74, 6) is -1.22. The van der Waals surface area contributed by atoms with Crippen LogP contribution < -0.4 is 5.32 Å². The van der Waals surface area contributed by atoms with Crippen molar-refractivity contribution in [2.24, 2.45) is 0 Å². The molecule has 7 heteroatoms. The van der Waals surface area contributed by atoms with Gasteiger partial charge in [0.15, 0.2) is 5.78 Å². The minimum absolute atomic E-state index is 0.166. The molecule has 0 amide bonds. The Bertz CT molecular complexity index is 822. The summed E-state index contributed by atoms with van der Waals surface area (Å²) >= 11 is 0. The lowest BCUT2D eigenvalue weighted by molar-refractivity contribution is -0.138. The van der Waals surface area contributed by atoms with Gasteiger partial charge in [0, 0.05) is 12.1 Å². The number of carbonyl (C=O) groups is 1. The van der Waals surface area contributed by atoms with Crippen molar-refractivity contribution in [3.05, 3.63) is 64.5 Å². The number of Topliss-reactive ketones (excluding diaryl/α,β-unsaturated/α-hetero) is 1. The summed E-state index contributed by atoms with van der Waals surface area (Å²) in [5.41, 5.74) is -0.498. The number of benzene rings is 2. The Morgan fingerprint density at radius 2 is 1.92 bits per heavy atom. The van der Waals surface area contributed by atoms with Crippen LogP contribution in [0.3, 0.4) is 0 Å². The van der Waals surface area contributed by atoms with Crippen molar-refractivity contribution in [3.63, 3.8) is 0 Å². The van der Waals surface area contributed by atoms with Gasteiger partial charge in [0.05, 0.1) is 16.8 Å². The first-order chi connectivity index (χ1) is 11.2. The van der Waals surface area contributed by atoms with Crippen LogP contribution in [-0.2, 0) is 12.7 Å². The molecule has 2 aromatic carbocycles. The molecule has 0 aliphatic carbocycles. The van der Waals surface area contributed by atoms with Crippen molar-refractivity contribution in [2.45, 2.75) is 19.6 Å². The van der Waals surface area contributed by atoms with Gasteiger partial charge in [-0.25, -0.2) is 4.39 Å². The van der Waals surface area contributed by atoms with Gasteiger partial charge in [0.2, 0.25) is 0 Å². The average molecular weight is 336 g/mol. The van der Waals surface area contributed by atoms with E-state index >= 15 is 0 Å². The molecule has 0 aliphatic heterocycles. The SMILES string of the molecule is CC(=O)c1ccc(C#N)c(NCc2ccc(F)cc2C(F)(F)F)c1. The number of hydrogen-bond donors (Lipinski definition) is 1. The fraction of sp³-hybridized carbons (Fsp3) is 0.176. The lowest BCUT2D eigenvalue weighted by Crippen LogP contribution is -2.13. The van der Waals surface area contributed by atoms with Crippen molar-refractivity contribution in [1.29, 1.82) is 5.26 Å². The molecule has 0 bridgehead atoms. The Morgan fingerprint density at radius 1 is 1.21 bits per heavy atom. The highest BCUT2D eigenvalue weighted by atomic mass is 19.4. The maximum absolute atomic E-state index is 13.1. The zero-order valence-corrected chi connectivity index (χ0v) is 12.5. The Morgan fingerprint density at radius 3 is 2.50 bits per heavy atom. The monoisotopic (exact) mass is 336 g/mol. The highest BCUT2D eigenvalue weighted by Crippen LogP contribution is 2.33. The largest absolute Gasteiger partial charge is 0.416 e. The Balaban J connectivity index is 2.34. The lowest BCUT2D eigenvalue weighted by atomic mass is 10.0. The van der Waals surface area contributed by atoms with Crippen molar-refractivity contribution in [1.82, 2.24) is 0 Å². The zero-order valence-electron chi connectivity index (χ0n) is 12.5. The number of alkyl halides is 3. The fourth-order valence-electron chi connectivity index (χ4n) is 2.16. The molecule has 124 valence electrons. The Hall–Kier alpha value is -2.88. The number of nitrogens with one attached hydrogen (secondary N) is 1. The third kappa shape index (κ3) is 3.90. The first kappa shape index (κ1) is 17.5. The second-order valence-corrected chi connectivity index (χ2v) is 5.08. The number of nitriles is 1. The molecule has 3 nitrogen and oxygen atoms in total. The third-order valence-electron chi connectivity index (χ3n) is 3.39. The molecule has 0 atom stereocenters. The number of hydrogen-bond acceptors (Lipinski definition) is 3. The smallest absolute Gasteiger partial charge is 0.380 e. The number of rotatable bonds is 4. The predicted octanol–water partition coefficient (Wildman–Crippen LogP) is 4.53. The summed E-state index contributed by atoms with van der Waals surface area (Å²) in [5, 5.41) is 11.8. The quantitative estimate of drug-likeness (QED) is 0.659. The molecule has 2 rings (SSSR count). The van der Waals surface area contributed by atoms with Crippen LogP contribution >= 0.6 is 0 Å². The maximum atomic E-state index is 13.1. The molecule has 0 saturated heterocycles. The van der Waals surface area contributed by atoms with Gasteiger partial charge in [-0.15, -0.1) is 0 Å². The molecule has 1 N–H and O–H groups in total. The highest BCUT2D eigenvalue weighted by molar-refractivity contribution is 5.95. The summed E-state index contributed by atoms with van der Waals surface area (Å²) in [7, 11) is 0. The molecule has 0 unspecified atom stereocenters. The first-order valence-electron chi connectivity index (χ1n) is 6.87. The van der Waals surface area contributed by atoms with Crippen molar-refractivity contribution >= 4 is 11.5 Å². The van der Waals surface area contributed by atoms with E-state index in [0.29, 0.717) is 11.6 Å². The molecule has 0 radical (unpaired) electrons. The van der Waals surface area contributed by atoms with Crippen LogP contribution in [0.25, 0.3) is 0 Å². The zero-order chi connectivity index (χ0) is 17.9. The van der Waals surface area contributed by atoms with Crippen molar-refractivity contribution < 1.29 is 22.4 Å². The Kier molecular flexibility index (Phi) is 4.88. The van der Waals surface area contributed by atoms with Gasteiger partial charge in [-0.1, -0.05) is 6.07 Å². The van der Waals surface area contributed by atoms with Crippen LogP contribution in [-0.4, -0.2) is 5.78 Å². The number of anilines is 1. The van der Waals surface area contributed by atoms with E-state index in [2.05, 4.69) is 5.32 Å². The van der Waals surface area contributed by atoms with Crippen LogP contribution in [0.15, 0.2) is 36.4 Å². The molecule has 0 aliphatic rings. The van der Waals surface area contributed by atoms with Crippen LogP contribution in [0.5, 0.6) is 0 Å². The van der Waals surface area contributed by atoms with Gasteiger partial charge >= 0.3 is 6.18 Å². The van der Waals surface area contributed by atoms with E-state index in [1.165, 1.54) is 25.1 Å². The molecule has 24 heavy (non-hydrogen) atoms. The summed E-state index contributed by atoms with van der Waals surface area (Å²) in [6.45, 7) is 1.07. The minimum atomic E-state index is -4.70. The van der Waals surface area contributed by atoms with Gasteiger partial charge in [-0.3, -0.25) is 4.79 Å². The maximum Gasteiger partial charge on any atom is 0.416 e. The van der Waals surface area contributed by atoms with E-state index in [0.717, 1.165) is 12.1 Å². The van der Waals surface area contributed by atoms with Crippen LogP contribution in [0.1, 0.15) is 34.0 Å². The van der Waals surface area contributed by atoms with Crippen LogP contribution in [0.2, 0.25) is 0 Å². The summed E-state index contributed by atoms with van der Waals surface area (Å²) < 4.78 is 52.0. The normalized spacial score (nSPS) is 11.0. The summed E-state index contributed by atoms with van der Waals surface area (Å²) in [6.07, 6.45) is -4.70. The number of halogens is 4. The van der Waals surface area contributed by atoms with Crippen LogP contribution in [0.4, 0.5) is 23.2 Å². The second-order valence-electron chi connectivity index (χ2n) is 5.08. The van der Waals surface area contributed by atoms with E-state index in [1.807, 2.05) is 6.07 Å². The minimum Gasteiger partial charge on any atom is -0.380 e. The standard InChI is InChI=1S/C17H12F4N2O/c1-10(24)11-2-3-12(8-22)16(6-11)23-9-13-4-5-14(18)7-15(13)17(19,20)21/h2-7,23H,9H2,1H3. The van der Waals surface area contributed by atoms with E-state index in [1.54, 1.807) is 0 Å². The summed E-state index contributed by atoms with van der Waals surface area (Å²) in [4.78, 5) is 11.4. The van der Waals surface area contributed by atoms with E-state index < -0.39 is 17.6 Å². The predicted molar refractivity (Wildman–Crippen MR) is 79.9 cm³/mol. The molecule has 0 spiro atoms. The van der Waals surface area contributed by atoms with Crippen LogP contribution in [0, 0.1) is 17.1 Å². The van der Waals surface area contributed by atoms with Gasteiger partial charge in [0.1, 0.15) is 11.9 Å². The topological polar surface area (TPSA) is 52.9 Å². The summed E-state index contributed by atoms with van der Waals surface area (Å²) in [6, 6.07) is 8.56. The van der Waals surface area contributed by atoms with E-state index in [9.17, 15) is 22.4 Å². The van der Waals surface area contributed by atoms with Crippen molar-refractivity contribution in [2.75, 3.05) is 5.32 Å². The lowest BCUT2D eigenvalue weighted by Gasteiger charge is -2.15. The molecule has 2 aromatic rings. The average Bonchev–Trinajstić information content (AvgIpc) is 2.52. The molecule has 0 saturated carbocycles. The van der Waals surface area contributed by atoms with E-state index in [-0.39, 0.29) is 29.1 Å². The number of ketones is 1. The molecule has 0 heterocycles. The van der Waals surface area contributed by atoms with E-state index in [4.69, 9.17) is 5.26 Å². The second kappa shape index (κ2) is 6.71. The van der Waals surface area contributed by atoms with Gasteiger partial charge in [0.25, 0.3) is 0 Å². The van der Waals surface area contributed by atoms with Gasteiger partial charge < -0.3 is 5.32 Å². The third-order valence-corrected chi connectivity index (χ3v) is 3.39. The molecular formula is C17H12F4N2O. The molecule has 0 fully saturated rings. The number of carbonyl (C=O) groups excluding carboxylic acids is 1. The molecule has 0 aromatic heterocycles. The fourth-order valence-corrected chi connectivity index (χ4v) is 2.16. The van der Waals surface area contributed by atoms with Gasteiger partial charge in [-0.05, 0) is 42.8 Å². The Labute approximate surface area is 135 Å². The first-order valence-corrected chi connectivity index (χ1v) is 6.87.